The minimum Gasteiger partial charge on any atom is -0.398 e. The number of nitrogens with one attached hydrogen (secondary N) is 1. The molecule has 1 aromatic heterocycles. The van der Waals surface area contributed by atoms with Crippen LogP contribution in [0.2, 0.25) is 0 Å². The van der Waals surface area contributed by atoms with Gasteiger partial charge in [-0.2, -0.15) is 5.26 Å². The molecule has 0 unspecified atom stereocenters. The molecule has 0 spiro atoms. The molecule has 3 N–H and O–H groups in total. The lowest BCUT2D eigenvalue weighted by atomic mass is 10.1. The Morgan fingerprint density at radius 1 is 1.25 bits per heavy atom. The third kappa shape index (κ3) is 3.05. The molecule has 6 nitrogen and oxygen atoms in total. The summed E-state index contributed by atoms with van der Waals surface area (Å²) in [6, 6.07) is 10.0. The van der Waals surface area contributed by atoms with Crippen LogP contribution < -0.4 is 10.5 Å². The normalized spacial score (nSPS) is 10.8. The van der Waals surface area contributed by atoms with Crippen molar-refractivity contribution in [2.24, 2.45) is 0 Å². The van der Waals surface area contributed by atoms with Gasteiger partial charge in [-0.15, -0.1) is 0 Å². The van der Waals surface area contributed by atoms with Crippen molar-refractivity contribution in [3.63, 3.8) is 0 Å². The van der Waals surface area contributed by atoms with Gasteiger partial charge in [0.15, 0.2) is 0 Å². The largest absolute Gasteiger partial charge is 0.398 e. The Hall–Kier alpha value is -2.59. The molecule has 0 bridgehead atoms. The van der Waals surface area contributed by atoms with Gasteiger partial charge in [0.05, 0.1) is 18.2 Å². The third-order valence-corrected chi connectivity index (χ3v) is 4.02. The van der Waals surface area contributed by atoms with E-state index < -0.39 is 10.0 Å². The van der Waals surface area contributed by atoms with Crippen LogP contribution in [0.3, 0.4) is 0 Å². The molecule has 1 aromatic carbocycles. The average Bonchev–Trinajstić information content (AvgIpc) is 2.41. The Bertz CT molecular complexity index is 749. The number of aromatic nitrogens is 1. The number of hydrogen-bond acceptors (Lipinski definition) is 5. The second-order valence-electron chi connectivity index (χ2n) is 4.05. The summed E-state index contributed by atoms with van der Waals surface area (Å²) in [5.74, 6) is 0. The number of anilines is 2. The van der Waals surface area contributed by atoms with Crippen LogP contribution in [0.4, 0.5) is 11.4 Å². The summed E-state index contributed by atoms with van der Waals surface area (Å²) in [5.41, 5.74) is 6.98. The van der Waals surface area contributed by atoms with Crippen molar-refractivity contribution in [1.82, 2.24) is 4.98 Å². The average molecular weight is 288 g/mol. The molecule has 0 radical (unpaired) electrons. The predicted molar refractivity (Wildman–Crippen MR) is 75.2 cm³/mol. The summed E-state index contributed by atoms with van der Waals surface area (Å²) >= 11 is 0. The SMILES string of the molecule is N#CCc1ccc(NS(=O)(=O)c2cnccc2N)cc1. The van der Waals surface area contributed by atoms with Gasteiger partial charge < -0.3 is 5.73 Å². The molecule has 0 fully saturated rings. The molecule has 0 aliphatic heterocycles. The predicted octanol–water partition coefficient (Wildman–Crippen LogP) is 1.53. The monoisotopic (exact) mass is 288 g/mol. The zero-order chi connectivity index (χ0) is 14.6. The standard InChI is InChI=1S/C13H12N4O2S/c14-7-5-10-1-3-11(4-2-10)17-20(18,19)13-9-16-8-6-12(13)15/h1-4,6,8-9,17H,5H2,(H2,15,16). The molecule has 20 heavy (non-hydrogen) atoms. The smallest absolute Gasteiger partial charge is 0.265 e. The highest BCUT2D eigenvalue weighted by Gasteiger charge is 2.17. The molecule has 0 aliphatic carbocycles. The summed E-state index contributed by atoms with van der Waals surface area (Å²) in [4.78, 5) is 3.69. The molecule has 0 aliphatic rings. The lowest BCUT2D eigenvalue weighted by molar-refractivity contribution is 0.601. The molecular weight excluding hydrogens is 276 g/mol. The van der Waals surface area contributed by atoms with E-state index in [0.29, 0.717) is 5.69 Å². The first kappa shape index (κ1) is 13.8. The molecular formula is C13H12N4O2S. The number of rotatable bonds is 4. The van der Waals surface area contributed by atoms with Crippen LogP contribution in [0.15, 0.2) is 47.6 Å². The quantitative estimate of drug-likeness (QED) is 0.886. The molecule has 0 atom stereocenters. The number of benzene rings is 1. The Kier molecular flexibility index (Phi) is 3.86. The summed E-state index contributed by atoms with van der Waals surface area (Å²) in [6.07, 6.45) is 2.90. The zero-order valence-electron chi connectivity index (χ0n) is 10.4. The molecule has 0 amide bonds. The number of nitriles is 1. The van der Waals surface area contributed by atoms with E-state index in [1.165, 1.54) is 18.5 Å². The Balaban J connectivity index is 2.25. The van der Waals surface area contributed by atoms with Crippen LogP contribution in [0, 0.1) is 11.3 Å². The summed E-state index contributed by atoms with van der Waals surface area (Å²) < 4.78 is 26.7. The lowest BCUT2D eigenvalue weighted by Crippen LogP contribution is -2.15. The molecule has 102 valence electrons. The van der Waals surface area contributed by atoms with Gasteiger partial charge in [-0.1, -0.05) is 12.1 Å². The maximum atomic E-state index is 12.1. The van der Waals surface area contributed by atoms with Crippen LogP contribution in [0.25, 0.3) is 0 Å². The molecule has 0 saturated heterocycles. The van der Waals surface area contributed by atoms with Crippen molar-refractivity contribution in [3.05, 3.63) is 48.3 Å². The number of hydrogen-bond donors (Lipinski definition) is 2. The van der Waals surface area contributed by atoms with Crippen molar-refractivity contribution in [2.45, 2.75) is 11.3 Å². The third-order valence-electron chi connectivity index (χ3n) is 2.60. The van der Waals surface area contributed by atoms with Crippen molar-refractivity contribution in [1.29, 1.82) is 5.26 Å². The molecule has 7 heteroatoms. The number of nitrogens with zero attached hydrogens (tertiary/aromatic N) is 2. The highest BCUT2D eigenvalue weighted by molar-refractivity contribution is 7.92. The van der Waals surface area contributed by atoms with Gasteiger partial charge in [0.2, 0.25) is 0 Å². The molecule has 0 saturated carbocycles. The highest BCUT2D eigenvalue weighted by Crippen LogP contribution is 2.20. The van der Waals surface area contributed by atoms with Crippen LogP contribution >= 0.6 is 0 Å². The maximum absolute atomic E-state index is 12.1. The van der Waals surface area contributed by atoms with E-state index in [0.717, 1.165) is 5.56 Å². The fourth-order valence-corrected chi connectivity index (χ4v) is 2.74. The fraction of sp³-hybridized carbons (Fsp3) is 0.0769. The minimum atomic E-state index is -3.77. The van der Waals surface area contributed by atoms with E-state index in [1.54, 1.807) is 24.3 Å². The van der Waals surface area contributed by atoms with E-state index in [9.17, 15) is 8.42 Å². The number of nitrogens with two attached hydrogens (primary N) is 1. The Labute approximate surface area is 116 Å². The van der Waals surface area contributed by atoms with Gasteiger partial charge in [0.1, 0.15) is 4.90 Å². The number of sulfonamides is 1. The van der Waals surface area contributed by atoms with Crippen LogP contribution in [-0.4, -0.2) is 13.4 Å². The zero-order valence-corrected chi connectivity index (χ0v) is 11.3. The Morgan fingerprint density at radius 3 is 2.55 bits per heavy atom. The number of pyridine rings is 1. The fourth-order valence-electron chi connectivity index (χ4n) is 1.61. The van der Waals surface area contributed by atoms with Gasteiger partial charge in [-0.3, -0.25) is 9.71 Å². The van der Waals surface area contributed by atoms with Gasteiger partial charge in [0.25, 0.3) is 10.0 Å². The second-order valence-corrected chi connectivity index (χ2v) is 5.70. The topological polar surface area (TPSA) is 109 Å². The number of nitrogen functional groups attached to an aromatic ring is 1. The van der Waals surface area contributed by atoms with Crippen molar-refractivity contribution < 1.29 is 8.42 Å². The first-order valence-corrected chi connectivity index (χ1v) is 7.19. The molecule has 2 rings (SSSR count). The molecule has 1 heterocycles. The van der Waals surface area contributed by atoms with E-state index in [1.807, 2.05) is 6.07 Å². The van der Waals surface area contributed by atoms with Crippen LogP contribution in [0.5, 0.6) is 0 Å². The van der Waals surface area contributed by atoms with E-state index in [-0.39, 0.29) is 17.0 Å². The Morgan fingerprint density at radius 2 is 1.95 bits per heavy atom. The van der Waals surface area contributed by atoms with Crippen molar-refractivity contribution >= 4 is 21.4 Å². The lowest BCUT2D eigenvalue weighted by Gasteiger charge is -2.09. The second kappa shape index (κ2) is 5.59. The van der Waals surface area contributed by atoms with E-state index in [4.69, 9.17) is 11.0 Å². The van der Waals surface area contributed by atoms with Crippen molar-refractivity contribution in [3.8, 4) is 6.07 Å². The van der Waals surface area contributed by atoms with Gasteiger partial charge in [-0.05, 0) is 23.8 Å². The summed E-state index contributed by atoms with van der Waals surface area (Å²) in [6.45, 7) is 0. The van der Waals surface area contributed by atoms with E-state index >= 15 is 0 Å². The molecule has 2 aromatic rings. The van der Waals surface area contributed by atoms with Crippen LogP contribution in [0.1, 0.15) is 5.56 Å². The van der Waals surface area contributed by atoms with Gasteiger partial charge >= 0.3 is 0 Å². The van der Waals surface area contributed by atoms with E-state index in [2.05, 4.69) is 9.71 Å². The van der Waals surface area contributed by atoms with Gasteiger partial charge in [0, 0.05) is 18.1 Å². The summed E-state index contributed by atoms with van der Waals surface area (Å²) in [5, 5.41) is 8.57. The maximum Gasteiger partial charge on any atom is 0.265 e. The first-order chi connectivity index (χ1) is 9.53. The van der Waals surface area contributed by atoms with Crippen LogP contribution in [-0.2, 0) is 16.4 Å². The van der Waals surface area contributed by atoms with Crippen molar-refractivity contribution in [2.75, 3.05) is 10.5 Å². The summed E-state index contributed by atoms with van der Waals surface area (Å²) in [7, 11) is -3.77. The van der Waals surface area contributed by atoms with Gasteiger partial charge in [-0.25, -0.2) is 8.42 Å². The minimum absolute atomic E-state index is 0.0684. The first-order valence-electron chi connectivity index (χ1n) is 5.71. The highest BCUT2D eigenvalue weighted by atomic mass is 32.2.